The third kappa shape index (κ3) is 11.0. The first-order valence-corrected chi connectivity index (χ1v) is 15.8. The summed E-state index contributed by atoms with van der Waals surface area (Å²) in [6, 6.07) is 0.124. The van der Waals surface area contributed by atoms with Gasteiger partial charge in [0.2, 0.25) is 11.7 Å². The van der Waals surface area contributed by atoms with Crippen LogP contribution in [0.25, 0.3) is 0 Å². The highest BCUT2D eigenvalue weighted by Gasteiger charge is 2.40. The molecule has 7 nitrogen and oxygen atoms in total. The molecule has 0 radical (unpaired) electrons. The Bertz CT molecular complexity index is 1210. The van der Waals surface area contributed by atoms with Gasteiger partial charge in [-0.05, 0) is 24.5 Å². The number of halogens is 6. The van der Waals surface area contributed by atoms with E-state index in [1.54, 1.807) is 0 Å². The topological polar surface area (TPSA) is 80.1 Å². The number of nitrogens with zero attached hydrogens (tertiary/aromatic N) is 4. The van der Waals surface area contributed by atoms with E-state index >= 15 is 0 Å². The van der Waals surface area contributed by atoms with Crippen LogP contribution in [0.5, 0.6) is 0 Å². The molecule has 14 heteroatoms. The van der Waals surface area contributed by atoms with E-state index in [4.69, 9.17) is 0 Å². The minimum absolute atomic E-state index is 0.0359. The van der Waals surface area contributed by atoms with Crippen molar-refractivity contribution in [3.8, 4) is 0 Å². The lowest BCUT2D eigenvalue weighted by Crippen LogP contribution is -2.44. The molecular formula is C29H39F6N5O2S. The average Bonchev–Trinajstić information content (AvgIpc) is 3.39. The predicted molar refractivity (Wildman–Crippen MR) is 152 cm³/mol. The molecule has 3 rings (SSSR count). The van der Waals surface area contributed by atoms with E-state index in [9.17, 15) is 35.9 Å². The number of hydrogen-bond acceptors (Lipinski definition) is 5. The fourth-order valence-corrected chi connectivity index (χ4v) is 5.83. The summed E-state index contributed by atoms with van der Waals surface area (Å²) in [5, 5.41) is 9.00. The monoisotopic (exact) mass is 635 g/mol. The normalized spacial score (nSPS) is 14.1. The van der Waals surface area contributed by atoms with E-state index in [1.807, 2.05) is 0 Å². The molecule has 2 aromatic rings. The lowest BCUT2D eigenvalue weighted by atomic mass is 10.0. The Kier molecular flexibility index (Phi) is 13.7. The van der Waals surface area contributed by atoms with Crippen LogP contribution in [0, 0.1) is 17.5 Å². The van der Waals surface area contributed by atoms with Crippen molar-refractivity contribution >= 4 is 22.9 Å². The number of amides is 2. The van der Waals surface area contributed by atoms with Crippen LogP contribution in [-0.2, 0) is 30.5 Å². The van der Waals surface area contributed by atoms with Gasteiger partial charge in [-0.15, -0.1) is 10.2 Å². The van der Waals surface area contributed by atoms with Gasteiger partial charge in [0.25, 0.3) is 5.24 Å². The van der Waals surface area contributed by atoms with Crippen LogP contribution in [0.15, 0.2) is 12.1 Å². The Morgan fingerprint density at radius 1 is 0.907 bits per heavy atom. The summed E-state index contributed by atoms with van der Waals surface area (Å²) in [5.74, 6) is -4.80. The van der Waals surface area contributed by atoms with Crippen molar-refractivity contribution in [2.45, 2.75) is 109 Å². The lowest BCUT2D eigenvalue weighted by molar-refractivity contribution is -0.148. The second kappa shape index (κ2) is 16.9. The van der Waals surface area contributed by atoms with E-state index < -0.39 is 46.6 Å². The maximum Gasteiger partial charge on any atom is 0.451 e. The predicted octanol–water partition coefficient (Wildman–Crippen LogP) is 7.42. The molecule has 1 atom stereocenters. The molecule has 0 spiro atoms. The number of carbonyl (C=O) groups is 2. The number of carbonyl (C=O) groups excluding carboxylic acids is 2. The Morgan fingerprint density at radius 2 is 1.53 bits per heavy atom. The van der Waals surface area contributed by atoms with Gasteiger partial charge in [-0.1, -0.05) is 76.5 Å². The van der Waals surface area contributed by atoms with Crippen molar-refractivity contribution in [1.29, 1.82) is 0 Å². The number of nitrogens with one attached hydrogen (secondary N) is 1. The highest BCUT2D eigenvalue weighted by Crippen LogP contribution is 2.29. The summed E-state index contributed by atoms with van der Waals surface area (Å²) in [4.78, 5) is 27.1. The van der Waals surface area contributed by atoms with Crippen LogP contribution < -0.4 is 5.32 Å². The van der Waals surface area contributed by atoms with Crippen molar-refractivity contribution in [3.63, 3.8) is 0 Å². The molecule has 240 valence electrons. The van der Waals surface area contributed by atoms with Crippen LogP contribution >= 0.6 is 11.8 Å². The van der Waals surface area contributed by atoms with Gasteiger partial charge in [-0.3, -0.25) is 9.59 Å². The van der Waals surface area contributed by atoms with Crippen LogP contribution in [0.1, 0.15) is 94.8 Å². The van der Waals surface area contributed by atoms with E-state index in [-0.39, 0.29) is 43.9 Å². The van der Waals surface area contributed by atoms with Crippen molar-refractivity contribution in [1.82, 2.24) is 25.0 Å². The Hall–Kier alpha value is -2.77. The van der Waals surface area contributed by atoms with Gasteiger partial charge in [0.1, 0.15) is 5.82 Å². The summed E-state index contributed by atoms with van der Waals surface area (Å²) in [6.45, 7) is 1.73. The maximum absolute atomic E-state index is 14.4. The van der Waals surface area contributed by atoms with E-state index in [1.165, 1.54) is 43.4 Å². The smallest absolute Gasteiger partial charge is 0.343 e. The summed E-state index contributed by atoms with van der Waals surface area (Å²) in [5.41, 5.74) is -0.218. The molecule has 43 heavy (non-hydrogen) atoms. The molecule has 1 aliphatic rings. The minimum Gasteiger partial charge on any atom is -0.343 e. The first-order valence-electron chi connectivity index (χ1n) is 14.8. The second-order valence-corrected chi connectivity index (χ2v) is 11.9. The fraction of sp³-hybridized carbons (Fsp3) is 0.655. The zero-order valence-electron chi connectivity index (χ0n) is 24.3. The molecule has 1 aromatic heterocycles. The zero-order valence-corrected chi connectivity index (χ0v) is 25.1. The number of hydrogen-bond donors (Lipinski definition) is 1. The van der Waals surface area contributed by atoms with Crippen molar-refractivity contribution in [3.05, 3.63) is 46.8 Å². The minimum atomic E-state index is -4.69. The number of fused-ring (bicyclic) bond motifs is 1. The SMILES string of the molecule is CCCCCCCCCCCCSC(=O)N[C@@H](CC(=O)N1CCn2c(nnc2C(F)(F)F)C1)Cc1cc(F)c(F)cc1F. The van der Waals surface area contributed by atoms with Gasteiger partial charge >= 0.3 is 6.18 Å². The molecule has 0 saturated heterocycles. The lowest BCUT2D eigenvalue weighted by Gasteiger charge is -2.29. The van der Waals surface area contributed by atoms with Crippen LogP contribution in [0.3, 0.4) is 0 Å². The van der Waals surface area contributed by atoms with E-state index in [2.05, 4.69) is 22.4 Å². The number of aromatic nitrogens is 3. The van der Waals surface area contributed by atoms with E-state index in [0.29, 0.717) is 17.9 Å². The van der Waals surface area contributed by atoms with Gasteiger partial charge < -0.3 is 14.8 Å². The first-order chi connectivity index (χ1) is 20.5. The van der Waals surface area contributed by atoms with Crippen LogP contribution in [0.4, 0.5) is 31.1 Å². The largest absolute Gasteiger partial charge is 0.451 e. The Labute approximate surface area is 252 Å². The molecule has 1 aliphatic heterocycles. The standard InChI is InChI=1S/C29H39F6N5O2S/c1-2-3-4-5-6-7-8-9-10-11-14-43-28(42)36-21(15-20-16-23(31)24(32)18-22(20)30)17-26(41)39-12-13-40-25(19-39)37-38-27(40)29(33,34)35/h16,18,21H,2-15,17,19H2,1H3,(H,36,42)/t21-/m1/s1. The molecule has 0 fully saturated rings. The third-order valence-electron chi connectivity index (χ3n) is 7.39. The van der Waals surface area contributed by atoms with Crippen molar-refractivity contribution < 1.29 is 35.9 Å². The van der Waals surface area contributed by atoms with Gasteiger partial charge in [0.15, 0.2) is 17.5 Å². The van der Waals surface area contributed by atoms with Crippen molar-refractivity contribution in [2.24, 2.45) is 0 Å². The number of benzene rings is 1. The molecule has 1 aromatic carbocycles. The summed E-state index contributed by atoms with van der Waals surface area (Å²) in [6.07, 6.45) is 6.21. The number of alkyl halides is 3. The molecular weight excluding hydrogens is 596 g/mol. The molecule has 0 unspecified atom stereocenters. The van der Waals surface area contributed by atoms with Gasteiger partial charge in [0.05, 0.1) is 6.54 Å². The van der Waals surface area contributed by atoms with Crippen LogP contribution in [-0.4, -0.2) is 49.2 Å². The quantitative estimate of drug-likeness (QED) is 0.118. The Morgan fingerprint density at radius 3 is 2.19 bits per heavy atom. The summed E-state index contributed by atoms with van der Waals surface area (Å²) < 4.78 is 82.1. The third-order valence-corrected chi connectivity index (χ3v) is 8.26. The summed E-state index contributed by atoms with van der Waals surface area (Å²) in [7, 11) is 0. The van der Waals surface area contributed by atoms with Gasteiger partial charge in [0, 0.05) is 37.4 Å². The highest BCUT2D eigenvalue weighted by molar-refractivity contribution is 8.13. The molecule has 2 heterocycles. The Balaban J connectivity index is 1.53. The fourth-order valence-electron chi connectivity index (χ4n) is 5.04. The zero-order chi connectivity index (χ0) is 31.4. The first kappa shape index (κ1) is 34.7. The molecule has 1 N–H and O–H groups in total. The maximum atomic E-state index is 14.4. The average molecular weight is 636 g/mol. The molecule has 0 bridgehead atoms. The number of rotatable bonds is 16. The molecule has 0 aliphatic carbocycles. The molecule has 0 saturated carbocycles. The van der Waals surface area contributed by atoms with Gasteiger partial charge in [-0.2, -0.15) is 13.2 Å². The van der Waals surface area contributed by atoms with E-state index in [0.717, 1.165) is 42.0 Å². The molecule has 2 amide bonds. The van der Waals surface area contributed by atoms with Crippen LogP contribution in [0.2, 0.25) is 0 Å². The van der Waals surface area contributed by atoms with Gasteiger partial charge in [-0.25, -0.2) is 13.2 Å². The number of unbranched alkanes of at least 4 members (excludes halogenated alkanes) is 9. The second-order valence-electron chi connectivity index (χ2n) is 10.8. The number of thioether (sulfide) groups is 1. The summed E-state index contributed by atoms with van der Waals surface area (Å²) >= 11 is 1.03. The van der Waals surface area contributed by atoms with Crippen molar-refractivity contribution in [2.75, 3.05) is 12.3 Å². The highest BCUT2D eigenvalue weighted by atomic mass is 32.2.